The molecule has 1 atom stereocenters. The molecule has 0 amide bonds. The van der Waals surface area contributed by atoms with E-state index in [2.05, 4.69) is 11.9 Å². The van der Waals surface area contributed by atoms with Crippen LogP contribution in [0.15, 0.2) is 36.5 Å². The summed E-state index contributed by atoms with van der Waals surface area (Å²) >= 11 is 0. The highest BCUT2D eigenvalue weighted by Gasteiger charge is 2.09. The molecule has 4 heteroatoms. The normalized spacial score (nSPS) is 12.2. The zero-order valence-corrected chi connectivity index (χ0v) is 11.8. The van der Waals surface area contributed by atoms with Crippen molar-refractivity contribution in [3.05, 3.63) is 53.5 Å². The topological polar surface area (TPSA) is 48.1 Å². The van der Waals surface area contributed by atoms with Gasteiger partial charge < -0.3 is 10.5 Å². The van der Waals surface area contributed by atoms with Gasteiger partial charge in [-0.05, 0) is 43.5 Å². The average Bonchev–Trinajstić information content (AvgIpc) is 2.44. The van der Waals surface area contributed by atoms with E-state index in [0.29, 0.717) is 5.88 Å². The van der Waals surface area contributed by atoms with E-state index in [1.807, 2.05) is 13.0 Å². The molecule has 1 heterocycles. The summed E-state index contributed by atoms with van der Waals surface area (Å²) in [5, 5.41) is 0. The van der Waals surface area contributed by atoms with Crippen molar-refractivity contribution in [1.29, 1.82) is 0 Å². The minimum atomic E-state index is -0.397. The first-order valence-electron chi connectivity index (χ1n) is 6.73. The first kappa shape index (κ1) is 14.5. The summed E-state index contributed by atoms with van der Waals surface area (Å²) in [6, 6.07) is 8.41. The maximum Gasteiger partial charge on any atom is 0.222 e. The summed E-state index contributed by atoms with van der Waals surface area (Å²) in [4.78, 5) is 4.26. The van der Waals surface area contributed by atoms with Gasteiger partial charge in [-0.3, -0.25) is 0 Å². The first-order chi connectivity index (χ1) is 9.60. The Morgan fingerprint density at radius 1 is 1.35 bits per heavy atom. The van der Waals surface area contributed by atoms with Gasteiger partial charge in [0.2, 0.25) is 5.88 Å². The number of nitrogens with two attached hydrogens (primary N) is 1. The van der Waals surface area contributed by atoms with Crippen LogP contribution in [0.4, 0.5) is 4.39 Å². The quantitative estimate of drug-likeness (QED) is 0.906. The Morgan fingerprint density at radius 3 is 2.75 bits per heavy atom. The second-order valence-electron chi connectivity index (χ2n) is 4.87. The molecule has 2 aromatic rings. The molecule has 2 rings (SSSR count). The first-order valence-corrected chi connectivity index (χ1v) is 6.73. The molecule has 0 aliphatic rings. The fraction of sp³-hybridized carbons (Fsp3) is 0.312. The zero-order valence-electron chi connectivity index (χ0n) is 11.8. The Kier molecular flexibility index (Phi) is 4.69. The van der Waals surface area contributed by atoms with Crippen molar-refractivity contribution in [2.75, 3.05) is 0 Å². The summed E-state index contributed by atoms with van der Waals surface area (Å²) in [6.07, 6.45) is 3.44. The number of rotatable bonds is 5. The Morgan fingerprint density at radius 2 is 2.10 bits per heavy atom. The zero-order chi connectivity index (χ0) is 14.5. The van der Waals surface area contributed by atoms with Crippen LogP contribution >= 0.6 is 0 Å². The highest BCUT2D eigenvalue weighted by atomic mass is 19.1. The molecule has 106 valence electrons. The number of ether oxygens (including phenoxy) is 1. The number of hydrogen-bond acceptors (Lipinski definition) is 3. The Balaban J connectivity index is 2.16. The molecule has 3 nitrogen and oxygen atoms in total. The standard InChI is InChI=1S/C16H19FN2O/c1-3-13(18)9-12-8-11(2)16(19-10-12)20-15-7-5-4-6-14(15)17/h4-8,10,13H,3,9,18H2,1-2H3. The fourth-order valence-corrected chi connectivity index (χ4v) is 1.92. The monoisotopic (exact) mass is 274 g/mol. The highest BCUT2D eigenvalue weighted by molar-refractivity contribution is 5.34. The lowest BCUT2D eigenvalue weighted by Gasteiger charge is -2.12. The fourth-order valence-electron chi connectivity index (χ4n) is 1.92. The van der Waals surface area contributed by atoms with Crippen molar-refractivity contribution in [2.45, 2.75) is 32.7 Å². The van der Waals surface area contributed by atoms with Crippen LogP contribution in [0.2, 0.25) is 0 Å². The van der Waals surface area contributed by atoms with Crippen LogP contribution < -0.4 is 10.5 Å². The van der Waals surface area contributed by atoms with Crippen molar-refractivity contribution in [1.82, 2.24) is 4.98 Å². The Bertz CT molecular complexity index is 586. The molecule has 0 spiro atoms. The van der Waals surface area contributed by atoms with E-state index in [1.165, 1.54) is 6.07 Å². The van der Waals surface area contributed by atoms with Gasteiger partial charge in [-0.2, -0.15) is 0 Å². The average molecular weight is 274 g/mol. The SMILES string of the molecule is CCC(N)Cc1cnc(Oc2ccccc2F)c(C)c1. The van der Waals surface area contributed by atoms with Gasteiger partial charge in [-0.25, -0.2) is 9.37 Å². The third kappa shape index (κ3) is 3.54. The van der Waals surface area contributed by atoms with Crippen molar-refractivity contribution in [2.24, 2.45) is 5.73 Å². The van der Waals surface area contributed by atoms with Gasteiger partial charge in [0.05, 0.1) is 0 Å². The maximum absolute atomic E-state index is 13.5. The number of pyridine rings is 1. The molecule has 0 saturated heterocycles. The molecule has 1 aromatic carbocycles. The Labute approximate surface area is 118 Å². The van der Waals surface area contributed by atoms with E-state index in [1.54, 1.807) is 24.4 Å². The van der Waals surface area contributed by atoms with Crippen LogP contribution in [-0.2, 0) is 6.42 Å². The van der Waals surface area contributed by atoms with E-state index < -0.39 is 5.82 Å². The van der Waals surface area contributed by atoms with E-state index in [9.17, 15) is 4.39 Å². The lowest BCUT2D eigenvalue weighted by molar-refractivity contribution is 0.424. The van der Waals surface area contributed by atoms with Crippen LogP contribution in [0.1, 0.15) is 24.5 Å². The molecule has 0 saturated carbocycles. The minimum Gasteiger partial charge on any atom is -0.436 e. The molecule has 0 radical (unpaired) electrons. The molecular weight excluding hydrogens is 255 g/mol. The van der Waals surface area contributed by atoms with Gasteiger partial charge in [0, 0.05) is 17.8 Å². The smallest absolute Gasteiger partial charge is 0.222 e. The van der Waals surface area contributed by atoms with Gasteiger partial charge in [0.1, 0.15) is 0 Å². The third-order valence-electron chi connectivity index (χ3n) is 3.15. The van der Waals surface area contributed by atoms with Crippen molar-refractivity contribution in [3.63, 3.8) is 0 Å². The summed E-state index contributed by atoms with van der Waals surface area (Å²) in [7, 11) is 0. The van der Waals surface area contributed by atoms with E-state index in [0.717, 1.165) is 24.0 Å². The van der Waals surface area contributed by atoms with Crippen LogP contribution in [0.25, 0.3) is 0 Å². The van der Waals surface area contributed by atoms with Gasteiger partial charge in [0.25, 0.3) is 0 Å². The number of aryl methyl sites for hydroxylation is 1. The van der Waals surface area contributed by atoms with Crippen LogP contribution in [0, 0.1) is 12.7 Å². The van der Waals surface area contributed by atoms with Crippen molar-refractivity contribution < 1.29 is 9.13 Å². The summed E-state index contributed by atoms with van der Waals surface area (Å²) in [6.45, 7) is 3.95. The molecule has 0 fully saturated rings. The molecule has 0 aliphatic carbocycles. The molecule has 2 N–H and O–H groups in total. The van der Waals surface area contributed by atoms with Crippen LogP contribution in [0.3, 0.4) is 0 Å². The lowest BCUT2D eigenvalue weighted by Crippen LogP contribution is -2.21. The summed E-state index contributed by atoms with van der Waals surface area (Å²) < 4.78 is 19.0. The molecule has 1 unspecified atom stereocenters. The molecule has 0 aliphatic heterocycles. The molecular formula is C16H19FN2O. The van der Waals surface area contributed by atoms with Gasteiger partial charge >= 0.3 is 0 Å². The van der Waals surface area contributed by atoms with Crippen LogP contribution in [-0.4, -0.2) is 11.0 Å². The number of nitrogens with zero attached hydrogens (tertiary/aromatic N) is 1. The molecule has 0 bridgehead atoms. The van der Waals surface area contributed by atoms with Crippen molar-refractivity contribution >= 4 is 0 Å². The van der Waals surface area contributed by atoms with E-state index in [4.69, 9.17) is 10.5 Å². The summed E-state index contributed by atoms with van der Waals surface area (Å²) in [5.74, 6) is 0.204. The number of hydrogen-bond donors (Lipinski definition) is 1. The van der Waals surface area contributed by atoms with E-state index >= 15 is 0 Å². The van der Waals surface area contributed by atoms with Crippen LogP contribution in [0.5, 0.6) is 11.6 Å². The highest BCUT2D eigenvalue weighted by Crippen LogP contribution is 2.25. The van der Waals surface area contributed by atoms with Crippen molar-refractivity contribution in [3.8, 4) is 11.6 Å². The van der Waals surface area contributed by atoms with Gasteiger partial charge in [0.15, 0.2) is 11.6 Å². The predicted octanol–water partition coefficient (Wildman–Crippen LogP) is 3.60. The number of aromatic nitrogens is 1. The molecule has 1 aromatic heterocycles. The number of halogens is 1. The maximum atomic E-state index is 13.5. The Hall–Kier alpha value is -1.94. The predicted molar refractivity (Wildman–Crippen MR) is 77.4 cm³/mol. The second kappa shape index (κ2) is 6.48. The van der Waals surface area contributed by atoms with Gasteiger partial charge in [-0.1, -0.05) is 19.1 Å². The largest absolute Gasteiger partial charge is 0.436 e. The van der Waals surface area contributed by atoms with Gasteiger partial charge in [-0.15, -0.1) is 0 Å². The minimum absolute atomic E-state index is 0.134. The van der Waals surface area contributed by atoms with E-state index in [-0.39, 0.29) is 11.8 Å². The lowest BCUT2D eigenvalue weighted by atomic mass is 10.1. The molecule has 20 heavy (non-hydrogen) atoms. The third-order valence-corrected chi connectivity index (χ3v) is 3.15. The summed E-state index contributed by atoms with van der Waals surface area (Å²) in [5.41, 5.74) is 7.86. The number of benzene rings is 1. The number of para-hydroxylation sites is 1. The second-order valence-corrected chi connectivity index (χ2v) is 4.87.